The number of carbonyl (C=O) groups excluding carboxylic acids is 1. The Kier molecular flexibility index (Phi) is 4.97. The van der Waals surface area contributed by atoms with Gasteiger partial charge in [-0.3, -0.25) is 4.79 Å². The fourth-order valence-corrected chi connectivity index (χ4v) is 4.69. The molecule has 3 rings (SSSR count). The molecule has 1 N–H and O–H groups in total. The summed E-state index contributed by atoms with van der Waals surface area (Å²) >= 11 is 1.33. The number of thiazole rings is 1. The maximum absolute atomic E-state index is 12.4. The lowest BCUT2D eigenvalue weighted by atomic mass is 10.1. The Balaban J connectivity index is 1.76. The van der Waals surface area contributed by atoms with Crippen molar-refractivity contribution in [1.82, 2.24) is 4.98 Å². The monoisotopic (exact) mass is 390 g/mol. The average molecular weight is 390 g/mol. The van der Waals surface area contributed by atoms with Gasteiger partial charge in [0.15, 0.2) is 15.0 Å². The normalized spacial score (nSPS) is 11.5. The number of fused-ring (bicyclic) bond motifs is 1. The van der Waals surface area contributed by atoms with Crippen LogP contribution in [0, 0.1) is 13.8 Å². The largest absolute Gasteiger partial charge is 0.497 e. The number of benzene rings is 2. The second-order valence-corrected chi connectivity index (χ2v) is 8.92. The Labute approximate surface area is 155 Å². The number of hydrogen-bond acceptors (Lipinski definition) is 6. The average Bonchev–Trinajstić information content (AvgIpc) is 2.96. The van der Waals surface area contributed by atoms with Crippen LogP contribution in [-0.4, -0.2) is 32.2 Å². The van der Waals surface area contributed by atoms with Crippen LogP contribution in [0.2, 0.25) is 0 Å². The highest BCUT2D eigenvalue weighted by Crippen LogP contribution is 2.29. The number of amides is 1. The van der Waals surface area contributed by atoms with Crippen molar-refractivity contribution in [2.45, 2.75) is 18.7 Å². The summed E-state index contributed by atoms with van der Waals surface area (Å²) in [5, 5.41) is 2.98. The van der Waals surface area contributed by atoms with Gasteiger partial charge < -0.3 is 10.1 Å². The first kappa shape index (κ1) is 18.3. The third-order valence-electron chi connectivity index (χ3n) is 3.81. The quantitative estimate of drug-likeness (QED) is 0.722. The summed E-state index contributed by atoms with van der Waals surface area (Å²) in [4.78, 5) is 16.7. The second kappa shape index (κ2) is 7.05. The summed E-state index contributed by atoms with van der Waals surface area (Å²) in [5.41, 5.74) is 2.95. The van der Waals surface area contributed by atoms with Crippen LogP contribution in [-0.2, 0) is 14.6 Å². The van der Waals surface area contributed by atoms with E-state index >= 15 is 0 Å². The van der Waals surface area contributed by atoms with E-state index < -0.39 is 21.5 Å². The van der Waals surface area contributed by atoms with Gasteiger partial charge >= 0.3 is 0 Å². The van der Waals surface area contributed by atoms with Crippen molar-refractivity contribution in [1.29, 1.82) is 0 Å². The minimum atomic E-state index is -3.74. The first-order valence-electron chi connectivity index (χ1n) is 7.83. The van der Waals surface area contributed by atoms with E-state index in [4.69, 9.17) is 4.74 Å². The third-order valence-corrected chi connectivity index (χ3v) is 6.56. The minimum Gasteiger partial charge on any atom is -0.497 e. The smallest absolute Gasteiger partial charge is 0.241 e. The van der Waals surface area contributed by atoms with Crippen molar-refractivity contribution in [2.75, 3.05) is 18.2 Å². The molecule has 0 spiro atoms. The van der Waals surface area contributed by atoms with Gasteiger partial charge in [0.05, 0.1) is 22.2 Å². The number of nitrogens with zero attached hydrogens (tertiary/aromatic N) is 1. The van der Waals surface area contributed by atoms with E-state index in [1.54, 1.807) is 12.1 Å². The number of sulfone groups is 1. The number of methoxy groups -OCH3 is 1. The molecule has 6 nitrogen and oxygen atoms in total. The molecule has 0 atom stereocenters. The van der Waals surface area contributed by atoms with Crippen LogP contribution in [0.15, 0.2) is 41.3 Å². The molecule has 0 saturated heterocycles. The number of nitrogens with one attached hydrogen (secondary N) is 1. The molecular weight excluding hydrogens is 372 g/mol. The van der Waals surface area contributed by atoms with Gasteiger partial charge in [-0.15, -0.1) is 0 Å². The van der Waals surface area contributed by atoms with Crippen LogP contribution in [0.4, 0.5) is 5.13 Å². The Morgan fingerprint density at radius 2 is 1.88 bits per heavy atom. The third kappa shape index (κ3) is 3.86. The highest BCUT2D eigenvalue weighted by Gasteiger charge is 2.20. The van der Waals surface area contributed by atoms with Gasteiger partial charge in [0.2, 0.25) is 5.91 Å². The highest BCUT2D eigenvalue weighted by atomic mass is 32.2. The predicted octanol–water partition coefficient (Wildman–Crippen LogP) is 3.33. The minimum absolute atomic E-state index is 0.0734. The van der Waals surface area contributed by atoms with Crippen LogP contribution in [0.5, 0.6) is 5.75 Å². The van der Waals surface area contributed by atoms with E-state index in [-0.39, 0.29) is 4.90 Å². The van der Waals surface area contributed by atoms with Crippen LogP contribution in [0.25, 0.3) is 10.2 Å². The Morgan fingerprint density at radius 3 is 2.54 bits per heavy atom. The lowest BCUT2D eigenvalue weighted by Gasteiger charge is -2.05. The van der Waals surface area contributed by atoms with Gasteiger partial charge in [-0.2, -0.15) is 0 Å². The Hall–Kier alpha value is -2.45. The van der Waals surface area contributed by atoms with Crippen molar-refractivity contribution < 1.29 is 17.9 Å². The molecule has 1 amide bonds. The van der Waals surface area contributed by atoms with Gasteiger partial charge in [-0.25, -0.2) is 13.4 Å². The maximum Gasteiger partial charge on any atom is 0.241 e. The number of hydrogen-bond donors (Lipinski definition) is 1. The van der Waals surface area contributed by atoms with Crippen molar-refractivity contribution in [2.24, 2.45) is 0 Å². The van der Waals surface area contributed by atoms with Crippen LogP contribution >= 0.6 is 11.3 Å². The summed E-state index contributed by atoms with van der Waals surface area (Å²) in [7, 11) is -2.24. The van der Waals surface area contributed by atoms with E-state index in [1.807, 2.05) is 26.0 Å². The van der Waals surface area contributed by atoms with E-state index in [1.165, 1.54) is 30.6 Å². The first-order chi connectivity index (χ1) is 12.3. The number of rotatable bonds is 5. The molecule has 136 valence electrons. The van der Waals surface area contributed by atoms with Crippen molar-refractivity contribution in [3.8, 4) is 5.75 Å². The van der Waals surface area contributed by atoms with Crippen molar-refractivity contribution in [3.63, 3.8) is 0 Å². The molecule has 0 aliphatic carbocycles. The molecule has 0 fully saturated rings. The maximum atomic E-state index is 12.4. The molecule has 0 saturated carbocycles. The van der Waals surface area contributed by atoms with Gasteiger partial charge in [0.1, 0.15) is 11.5 Å². The Morgan fingerprint density at radius 1 is 1.19 bits per heavy atom. The van der Waals surface area contributed by atoms with Crippen LogP contribution in [0.3, 0.4) is 0 Å². The number of aryl methyl sites for hydroxylation is 2. The lowest BCUT2D eigenvalue weighted by Crippen LogP contribution is -2.22. The molecule has 1 heterocycles. The molecular formula is C18H18N2O4S2. The molecule has 2 aromatic carbocycles. The zero-order valence-electron chi connectivity index (χ0n) is 14.6. The molecule has 0 unspecified atom stereocenters. The molecule has 8 heteroatoms. The molecule has 0 bridgehead atoms. The fourth-order valence-electron chi connectivity index (χ4n) is 2.62. The van der Waals surface area contributed by atoms with Crippen molar-refractivity contribution >= 4 is 42.4 Å². The summed E-state index contributed by atoms with van der Waals surface area (Å²) in [5.74, 6) is -0.712. The topological polar surface area (TPSA) is 85.4 Å². The van der Waals surface area contributed by atoms with Gasteiger partial charge in [0.25, 0.3) is 0 Å². The number of aromatic nitrogens is 1. The molecule has 0 radical (unpaired) electrons. The summed E-state index contributed by atoms with van der Waals surface area (Å²) in [6.45, 7) is 3.96. The van der Waals surface area contributed by atoms with E-state index in [0.29, 0.717) is 10.9 Å². The molecule has 1 aromatic heterocycles. The van der Waals surface area contributed by atoms with Gasteiger partial charge in [-0.1, -0.05) is 17.4 Å². The summed E-state index contributed by atoms with van der Waals surface area (Å²) < 4.78 is 30.8. The Bertz CT molecular complexity index is 1070. The second-order valence-electron chi connectivity index (χ2n) is 5.93. The van der Waals surface area contributed by atoms with E-state index in [9.17, 15) is 13.2 Å². The predicted molar refractivity (Wildman–Crippen MR) is 103 cm³/mol. The summed E-state index contributed by atoms with van der Waals surface area (Å²) in [6, 6.07) is 9.91. The molecule has 0 aliphatic rings. The zero-order valence-corrected chi connectivity index (χ0v) is 16.2. The van der Waals surface area contributed by atoms with E-state index in [0.717, 1.165) is 21.3 Å². The standard InChI is InChI=1S/C18H18N2O4S2/c1-11-8-12(2)17-15(9-11)19-18(25-17)20-16(21)10-26(22,23)14-6-4-13(24-3)5-7-14/h4-9H,10H2,1-3H3,(H,19,20,21). The molecule has 26 heavy (non-hydrogen) atoms. The fraction of sp³-hybridized carbons (Fsp3) is 0.222. The zero-order chi connectivity index (χ0) is 18.9. The number of carbonyl (C=O) groups is 1. The highest BCUT2D eigenvalue weighted by molar-refractivity contribution is 7.92. The van der Waals surface area contributed by atoms with Crippen LogP contribution in [0.1, 0.15) is 11.1 Å². The first-order valence-corrected chi connectivity index (χ1v) is 10.3. The number of ether oxygens (including phenoxy) is 1. The van der Waals surface area contributed by atoms with Gasteiger partial charge in [0, 0.05) is 0 Å². The lowest BCUT2D eigenvalue weighted by molar-refractivity contribution is -0.113. The molecule has 3 aromatic rings. The van der Waals surface area contributed by atoms with Crippen molar-refractivity contribution in [3.05, 3.63) is 47.5 Å². The van der Waals surface area contributed by atoms with E-state index in [2.05, 4.69) is 10.3 Å². The SMILES string of the molecule is COc1ccc(S(=O)(=O)CC(=O)Nc2nc3cc(C)cc(C)c3s2)cc1. The van der Waals surface area contributed by atoms with Crippen LogP contribution < -0.4 is 10.1 Å². The number of anilines is 1. The molecule has 0 aliphatic heterocycles. The van der Waals surface area contributed by atoms with Gasteiger partial charge in [-0.05, 0) is 55.3 Å². The summed E-state index contributed by atoms with van der Waals surface area (Å²) in [6.07, 6.45) is 0.